The molecule has 1 aliphatic heterocycles. The zero-order valence-electron chi connectivity index (χ0n) is 15.6. The summed E-state index contributed by atoms with van der Waals surface area (Å²) >= 11 is 0. The summed E-state index contributed by atoms with van der Waals surface area (Å²) < 4.78 is 2.08. The molecule has 2 fully saturated rings. The molecule has 2 aliphatic rings. The van der Waals surface area contributed by atoms with Gasteiger partial charge in [-0.15, -0.1) is 0 Å². The van der Waals surface area contributed by atoms with E-state index < -0.39 is 0 Å². The SMILES string of the molecule is CCNCC1CCN(C(=O)c2cc(C3CC3)n(C(C)(C)C)n2)CC1. The van der Waals surface area contributed by atoms with E-state index in [0.29, 0.717) is 17.5 Å². The van der Waals surface area contributed by atoms with Crippen molar-refractivity contribution in [3.8, 4) is 0 Å². The molecule has 1 saturated carbocycles. The van der Waals surface area contributed by atoms with Gasteiger partial charge in [-0.05, 0) is 71.5 Å². The predicted octanol–water partition coefficient (Wildman–Crippen LogP) is 2.98. The van der Waals surface area contributed by atoms with Gasteiger partial charge in [0, 0.05) is 24.7 Å². The molecule has 0 spiro atoms. The van der Waals surface area contributed by atoms with Crippen LogP contribution in [0, 0.1) is 5.92 Å². The van der Waals surface area contributed by atoms with Crippen LogP contribution in [0.4, 0.5) is 0 Å². The summed E-state index contributed by atoms with van der Waals surface area (Å²) in [4.78, 5) is 14.9. The second-order valence-electron chi connectivity index (χ2n) is 8.35. The third-order valence-electron chi connectivity index (χ3n) is 5.17. The van der Waals surface area contributed by atoms with E-state index in [1.807, 2.05) is 4.90 Å². The highest BCUT2D eigenvalue weighted by Gasteiger charge is 2.33. The maximum Gasteiger partial charge on any atom is 0.274 e. The Balaban J connectivity index is 1.68. The standard InChI is InChI=1S/C19H32N4O/c1-5-20-13-14-8-10-22(11-9-14)18(24)16-12-17(15-6-7-15)23(21-16)19(2,3)4/h12,14-15,20H,5-11,13H2,1-4H3. The third-order valence-corrected chi connectivity index (χ3v) is 5.17. The number of carbonyl (C=O) groups is 1. The van der Waals surface area contributed by atoms with Gasteiger partial charge in [0.2, 0.25) is 0 Å². The molecule has 3 rings (SSSR count). The third kappa shape index (κ3) is 3.82. The minimum Gasteiger partial charge on any atom is -0.337 e. The van der Waals surface area contributed by atoms with Crippen molar-refractivity contribution in [1.82, 2.24) is 20.0 Å². The Morgan fingerprint density at radius 3 is 2.46 bits per heavy atom. The van der Waals surface area contributed by atoms with Crippen molar-refractivity contribution in [3.05, 3.63) is 17.5 Å². The zero-order chi connectivity index (χ0) is 17.3. The Hall–Kier alpha value is -1.36. The molecule has 1 amide bonds. The lowest BCUT2D eigenvalue weighted by Gasteiger charge is -2.31. The average molecular weight is 332 g/mol. The molecule has 24 heavy (non-hydrogen) atoms. The molecule has 1 aliphatic carbocycles. The lowest BCUT2D eigenvalue weighted by atomic mass is 9.96. The van der Waals surface area contributed by atoms with E-state index >= 15 is 0 Å². The largest absolute Gasteiger partial charge is 0.337 e. The molecule has 0 radical (unpaired) electrons. The quantitative estimate of drug-likeness (QED) is 0.902. The molecular formula is C19H32N4O. The monoisotopic (exact) mass is 332 g/mol. The molecule has 5 nitrogen and oxygen atoms in total. The smallest absolute Gasteiger partial charge is 0.274 e. The summed E-state index contributed by atoms with van der Waals surface area (Å²) in [6.45, 7) is 12.4. The molecule has 0 atom stereocenters. The highest BCUT2D eigenvalue weighted by atomic mass is 16.2. The van der Waals surface area contributed by atoms with Crippen LogP contribution in [0.2, 0.25) is 0 Å². The van der Waals surface area contributed by atoms with Crippen LogP contribution >= 0.6 is 0 Å². The van der Waals surface area contributed by atoms with E-state index in [4.69, 9.17) is 5.10 Å². The second kappa shape index (κ2) is 6.87. The summed E-state index contributed by atoms with van der Waals surface area (Å²) in [6.07, 6.45) is 4.64. The van der Waals surface area contributed by atoms with Crippen molar-refractivity contribution >= 4 is 5.91 Å². The zero-order valence-corrected chi connectivity index (χ0v) is 15.6. The molecule has 1 aromatic rings. The molecule has 0 unspecified atom stereocenters. The molecule has 134 valence electrons. The molecular weight excluding hydrogens is 300 g/mol. The fourth-order valence-electron chi connectivity index (χ4n) is 3.56. The Morgan fingerprint density at radius 1 is 1.25 bits per heavy atom. The van der Waals surface area contributed by atoms with Gasteiger partial charge in [0.05, 0.1) is 5.54 Å². The van der Waals surface area contributed by atoms with Crippen LogP contribution in [-0.4, -0.2) is 46.8 Å². The van der Waals surface area contributed by atoms with Crippen molar-refractivity contribution in [2.75, 3.05) is 26.2 Å². The number of rotatable bonds is 5. The fraction of sp³-hybridized carbons (Fsp3) is 0.789. The normalized spacial score (nSPS) is 19.8. The summed E-state index contributed by atoms with van der Waals surface area (Å²) in [5, 5.41) is 8.12. The Labute approximate surface area is 145 Å². The lowest BCUT2D eigenvalue weighted by molar-refractivity contribution is 0.0682. The van der Waals surface area contributed by atoms with Gasteiger partial charge in [-0.1, -0.05) is 6.92 Å². The highest BCUT2D eigenvalue weighted by Crippen LogP contribution is 2.41. The number of likely N-dealkylation sites (tertiary alicyclic amines) is 1. The minimum absolute atomic E-state index is 0.0741. The van der Waals surface area contributed by atoms with Crippen LogP contribution in [-0.2, 0) is 5.54 Å². The van der Waals surface area contributed by atoms with Gasteiger partial charge in [0.1, 0.15) is 0 Å². The maximum absolute atomic E-state index is 12.9. The van der Waals surface area contributed by atoms with Gasteiger partial charge in [0.25, 0.3) is 5.91 Å². The van der Waals surface area contributed by atoms with E-state index in [9.17, 15) is 4.79 Å². The van der Waals surface area contributed by atoms with Gasteiger partial charge < -0.3 is 10.2 Å². The number of hydrogen-bond donors (Lipinski definition) is 1. The fourth-order valence-corrected chi connectivity index (χ4v) is 3.56. The van der Waals surface area contributed by atoms with Crippen LogP contribution in [0.15, 0.2) is 6.07 Å². The first-order chi connectivity index (χ1) is 11.4. The minimum atomic E-state index is -0.0741. The topological polar surface area (TPSA) is 50.2 Å². The van der Waals surface area contributed by atoms with Crippen molar-refractivity contribution < 1.29 is 4.79 Å². The number of hydrogen-bond acceptors (Lipinski definition) is 3. The van der Waals surface area contributed by atoms with Crippen LogP contribution in [0.1, 0.15) is 75.5 Å². The number of amides is 1. The number of aromatic nitrogens is 2. The Kier molecular flexibility index (Phi) is 5.00. The number of nitrogens with one attached hydrogen (secondary N) is 1. The van der Waals surface area contributed by atoms with Gasteiger partial charge in [0.15, 0.2) is 5.69 Å². The number of piperidine rings is 1. The maximum atomic E-state index is 12.9. The number of nitrogens with zero attached hydrogens (tertiary/aromatic N) is 3. The van der Waals surface area contributed by atoms with Gasteiger partial charge in [-0.3, -0.25) is 9.48 Å². The van der Waals surface area contributed by atoms with Crippen molar-refractivity contribution in [1.29, 1.82) is 0 Å². The first-order valence-electron chi connectivity index (χ1n) is 9.50. The Morgan fingerprint density at radius 2 is 1.92 bits per heavy atom. The van der Waals surface area contributed by atoms with Crippen LogP contribution in [0.25, 0.3) is 0 Å². The summed E-state index contributed by atoms with van der Waals surface area (Å²) in [5.41, 5.74) is 1.81. The van der Waals surface area contributed by atoms with E-state index in [-0.39, 0.29) is 11.4 Å². The average Bonchev–Trinajstić information content (AvgIpc) is 3.29. The van der Waals surface area contributed by atoms with E-state index in [0.717, 1.165) is 39.0 Å². The van der Waals surface area contributed by atoms with Crippen molar-refractivity contribution in [2.24, 2.45) is 5.92 Å². The van der Waals surface area contributed by atoms with Crippen LogP contribution < -0.4 is 5.32 Å². The molecule has 5 heteroatoms. The van der Waals surface area contributed by atoms with E-state index in [1.165, 1.54) is 18.5 Å². The molecule has 1 saturated heterocycles. The lowest BCUT2D eigenvalue weighted by Crippen LogP contribution is -2.41. The Bertz CT molecular complexity index is 575. The van der Waals surface area contributed by atoms with Gasteiger partial charge in [-0.2, -0.15) is 5.10 Å². The molecule has 0 aromatic carbocycles. The summed E-state index contributed by atoms with van der Waals surface area (Å²) in [6, 6.07) is 2.05. The second-order valence-corrected chi connectivity index (χ2v) is 8.35. The van der Waals surface area contributed by atoms with Crippen LogP contribution in [0.5, 0.6) is 0 Å². The van der Waals surface area contributed by atoms with E-state index in [2.05, 4.69) is 43.8 Å². The molecule has 0 bridgehead atoms. The summed E-state index contributed by atoms with van der Waals surface area (Å²) in [5.74, 6) is 1.41. The summed E-state index contributed by atoms with van der Waals surface area (Å²) in [7, 11) is 0. The first-order valence-corrected chi connectivity index (χ1v) is 9.50. The molecule has 1 N–H and O–H groups in total. The van der Waals surface area contributed by atoms with Gasteiger partial charge in [-0.25, -0.2) is 0 Å². The van der Waals surface area contributed by atoms with Crippen molar-refractivity contribution in [2.45, 2.75) is 64.8 Å². The van der Waals surface area contributed by atoms with Crippen molar-refractivity contribution in [3.63, 3.8) is 0 Å². The molecule has 1 aromatic heterocycles. The van der Waals surface area contributed by atoms with Gasteiger partial charge >= 0.3 is 0 Å². The van der Waals surface area contributed by atoms with E-state index in [1.54, 1.807) is 0 Å². The highest BCUT2D eigenvalue weighted by molar-refractivity contribution is 5.92. The molecule has 2 heterocycles. The first kappa shape index (κ1) is 17.5. The predicted molar refractivity (Wildman–Crippen MR) is 96.4 cm³/mol. The van der Waals surface area contributed by atoms with Crippen LogP contribution in [0.3, 0.4) is 0 Å². The number of carbonyl (C=O) groups excluding carboxylic acids is 1.